The quantitative estimate of drug-likeness (QED) is 0.372. The van der Waals surface area contributed by atoms with Crippen LogP contribution in [0.4, 0.5) is 0 Å². The van der Waals surface area contributed by atoms with Gasteiger partial charge in [-0.05, 0) is 6.26 Å². The molecular formula is C3H5KO2S. The minimum atomic E-state index is -0.998. The van der Waals surface area contributed by atoms with Gasteiger partial charge in [-0.3, -0.25) is 0 Å². The third-order valence-electron chi connectivity index (χ3n) is 0.262. The second-order valence-electron chi connectivity index (χ2n) is 0.805. The van der Waals surface area contributed by atoms with Crippen LogP contribution >= 0.6 is 11.8 Å². The summed E-state index contributed by atoms with van der Waals surface area (Å²) in [5.41, 5.74) is 0. The van der Waals surface area contributed by atoms with Gasteiger partial charge in [0.25, 0.3) is 0 Å². The van der Waals surface area contributed by atoms with E-state index in [-0.39, 0.29) is 57.1 Å². The Hall–Kier alpha value is 1.46. The average molecular weight is 144 g/mol. The molecule has 0 radical (unpaired) electrons. The zero-order valence-electron chi connectivity index (χ0n) is 4.43. The minimum Gasteiger partial charge on any atom is -0.549 e. The topological polar surface area (TPSA) is 40.1 Å². The van der Waals surface area contributed by atoms with Crippen LogP contribution in [0.5, 0.6) is 0 Å². The van der Waals surface area contributed by atoms with Gasteiger partial charge in [0.2, 0.25) is 0 Å². The molecule has 0 fully saturated rings. The molecule has 4 heteroatoms. The minimum absolute atomic E-state index is 0. The van der Waals surface area contributed by atoms with Crippen LogP contribution in [0.2, 0.25) is 0 Å². The Labute approximate surface area is 89.5 Å². The normalized spacial score (nSPS) is 7.00. The van der Waals surface area contributed by atoms with Crippen molar-refractivity contribution in [2.45, 2.75) is 0 Å². The number of hydrogen-bond acceptors (Lipinski definition) is 3. The molecule has 0 aromatic heterocycles. The molecule has 0 aliphatic heterocycles. The third kappa shape index (κ3) is 11.2. The molecule has 0 saturated heterocycles. The summed E-state index contributed by atoms with van der Waals surface area (Å²) in [4.78, 5) is 9.47. The molecule has 0 N–H and O–H groups in total. The van der Waals surface area contributed by atoms with Gasteiger partial charge in [0.15, 0.2) is 0 Å². The van der Waals surface area contributed by atoms with Gasteiger partial charge < -0.3 is 9.90 Å². The molecule has 0 aliphatic rings. The molecule has 0 saturated carbocycles. The summed E-state index contributed by atoms with van der Waals surface area (Å²) in [6, 6.07) is 0. The van der Waals surface area contributed by atoms with Gasteiger partial charge >= 0.3 is 51.4 Å². The summed E-state index contributed by atoms with van der Waals surface area (Å²) in [6.45, 7) is 0. The number of rotatable bonds is 2. The maximum absolute atomic E-state index is 9.47. The molecule has 0 aromatic rings. The van der Waals surface area contributed by atoms with Crippen LogP contribution in [-0.2, 0) is 4.79 Å². The molecule has 0 bridgehead atoms. The van der Waals surface area contributed by atoms with Crippen molar-refractivity contribution < 1.29 is 61.3 Å². The predicted octanol–water partition coefficient (Wildman–Crippen LogP) is -3.90. The van der Waals surface area contributed by atoms with Gasteiger partial charge in [0, 0.05) is 5.75 Å². The first-order chi connectivity index (χ1) is 2.77. The van der Waals surface area contributed by atoms with Gasteiger partial charge in [0.1, 0.15) is 0 Å². The Bertz CT molecular complexity index is 56.9. The number of carbonyl (C=O) groups is 1. The van der Waals surface area contributed by atoms with Crippen molar-refractivity contribution in [2.75, 3.05) is 12.0 Å². The van der Waals surface area contributed by atoms with Crippen LogP contribution in [-0.4, -0.2) is 18.0 Å². The molecule has 36 valence electrons. The first-order valence-electron chi connectivity index (χ1n) is 1.46. The Balaban J connectivity index is 0. The fraction of sp³-hybridized carbons (Fsp3) is 0.667. The zero-order chi connectivity index (χ0) is 4.99. The van der Waals surface area contributed by atoms with Crippen LogP contribution < -0.4 is 56.5 Å². The van der Waals surface area contributed by atoms with Gasteiger partial charge in [-0.25, -0.2) is 0 Å². The SMILES string of the molecule is CSCC(=O)[O-].[K+]. The summed E-state index contributed by atoms with van der Waals surface area (Å²) in [7, 11) is 0. The van der Waals surface area contributed by atoms with Gasteiger partial charge in [-0.1, -0.05) is 0 Å². The van der Waals surface area contributed by atoms with E-state index in [1.54, 1.807) is 6.26 Å². The van der Waals surface area contributed by atoms with E-state index in [1.165, 1.54) is 11.8 Å². The number of thioether (sulfide) groups is 1. The van der Waals surface area contributed by atoms with Crippen LogP contribution in [0.15, 0.2) is 0 Å². The maximum atomic E-state index is 9.47. The van der Waals surface area contributed by atoms with Crippen molar-refractivity contribution in [2.24, 2.45) is 0 Å². The van der Waals surface area contributed by atoms with Crippen LogP contribution in [0.3, 0.4) is 0 Å². The fourth-order valence-electron chi connectivity index (χ4n) is 0.118. The Morgan fingerprint density at radius 1 is 1.86 bits per heavy atom. The number of carbonyl (C=O) groups excluding carboxylic acids is 1. The zero-order valence-corrected chi connectivity index (χ0v) is 8.37. The summed E-state index contributed by atoms with van der Waals surface area (Å²) in [5, 5.41) is 9.47. The molecule has 0 rings (SSSR count). The largest absolute Gasteiger partial charge is 1.00 e. The van der Waals surface area contributed by atoms with Crippen LogP contribution in [0, 0.1) is 0 Å². The van der Waals surface area contributed by atoms with E-state index in [0.717, 1.165) is 0 Å². The van der Waals surface area contributed by atoms with Crippen LogP contribution in [0.25, 0.3) is 0 Å². The molecule has 0 heterocycles. The van der Waals surface area contributed by atoms with Crippen molar-refractivity contribution in [3.05, 3.63) is 0 Å². The second kappa shape index (κ2) is 7.46. The van der Waals surface area contributed by atoms with E-state index in [9.17, 15) is 9.90 Å². The molecule has 0 aromatic carbocycles. The Kier molecular flexibility index (Phi) is 12.0. The van der Waals surface area contributed by atoms with Crippen molar-refractivity contribution >= 4 is 17.7 Å². The van der Waals surface area contributed by atoms with E-state index in [1.807, 2.05) is 0 Å². The molecule has 0 spiro atoms. The molecule has 2 nitrogen and oxygen atoms in total. The smallest absolute Gasteiger partial charge is 0.549 e. The van der Waals surface area contributed by atoms with Crippen LogP contribution in [0.1, 0.15) is 0 Å². The number of hydrogen-bond donors (Lipinski definition) is 0. The third-order valence-corrected chi connectivity index (χ3v) is 0.787. The number of carboxylic acid groups (broad SMARTS) is 1. The maximum Gasteiger partial charge on any atom is 1.00 e. The van der Waals surface area contributed by atoms with Gasteiger partial charge in [-0.2, -0.15) is 11.8 Å². The molecule has 0 aliphatic carbocycles. The Morgan fingerprint density at radius 2 is 2.29 bits per heavy atom. The second-order valence-corrected chi connectivity index (χ2v) is 1.67. The van der Waals surface area contributed by atoms with Crippen molar-refractivity contribution in [1.82, 2.24) is 0 Å². The number of carboxylic acids is 1. The van der Waals surface area contributed by atoms with Crippen molar-refractivity contribution in [3.8, 4) is 0 Å². The summed E-state index contributed by atoms with van der Waals surface area (Å²) < 4.78 is 0. The summed E-state index contributed by atoms with van der Waals surface area (Å²) in [5.74, 6) is -0.900. The molecule has 0 unspecified atom stereocenters. The van der Waals surface area contributed by atoms with E-state index >= 15 is 0 Å². The van der Waals surface area contributed by atoms with E-state index < -0.39 is 5.97 Å². The monoisotopic (exact) mass is 144 g/mol. The first kappa shape index (κ1) is 11.3. The Morgan fingerprint density at radius 3 is 2.29 bits per heavy atom. The average Bonchev–Trinajstić information content (AvgIpc) is 1.35. The van der Waals surface area contributed by atoms with Gasteiger partial charge in [-0.15, -0.1) is 0 Å². The summed E-state index contributed by atoms with van der Waals surface area (Å²) >= 11 is 1.25. The van der Waals surface area contributed by atoms with E-state index in [2.05, 4.69) is 0 Å². The number of aliphatic carboxylic acids is 1. The van der Waals surface area contributed by atoms with Gasteiger partial charge in [0.05, 0.1) is 5.97 Å². The predicted molar refractivity (Wildman–Crippen MR) is 23.4 cm³/mol. The van der Waals surface area contributed by atoms with Crippen molar-refractivity contribution in [1.29, 1.82) is 0 Å². The van der Waals surface area contributed by atoms with Crippen molar-refractivity contribution in [3.63, 3.8) is 0 Å². The fourth-order valence-corrected chi connectivity index (χ4v) is 0.354. The van der Waals surface area contributed by atoms with E-state index in [4.69, 9.17) is 0 Å². The standard InChI is InChI=1S/C3H6O2S.K/c1-6-2-3(4)5;/h2H2,1H3,(H,4,5);/q;+1/p-1. The molecular weight excluding hydrogens is 139 g/mol. The summed E-state index contributed by atoms with van der Waals surface area (Å²) in [6.07, 6.45) is 1.72. The molecule has 7 heavy (non-hydrogen) atoms. The van der Waals surface area contributed by atoms with E-state index in [0.29, 0.717) is 0 Å². The molecule has 0 atom stereocenters. The molecule has 0 amide bonds. The first-order valence-corrected chi connectivity index (χ1v) is 2.85.